The van der Waals surface area contributed by atoms with Gasteiger partial charge in [-0.2, -0.15) is 18.3 Å². The van der Waals surface area contributed by atoms with Crippen LogP contribution in [0.25, 0.3) is 0 Å². The molecular weight excluding hydrogens is 261 g/mol. The minimum Gasteiger partial charge on any atom is -0.497 e. The molecule has 19 heavy (non-hydrogen) atoms. The second-order valence-corrected chi connectivity index (χ2v) is 3.85. The van der Waals surface area contributed by atoms with E-state index in [0.29, 0.717) is 5.75 Å². The molecule has 1 rings (SSSR count). The highest BCUT2D eigenvalue weighted by atomic mass is 19.4. The number of halogens is 3. The topological polar surface area (TPSA) is 41.9 Å². The van der Waals surface area contributed by atoms with Gasteiger partial charge in [-0.05, 0) is 24.3 Å². The van der Waals surface area contributed by atoms with Gasteiger partial charge in [0, 0.05) is 19.7 Å². The van der Waals surface area contributed by atoms with Crippen molar-refractivity contribution in [3.8, 4) is 5.75 Å². The van der Waals surface area contributed by atoms with Crippen molar-refractivity contribution >= 4 is 11.5 Å². The van der Waals surface area contributed by atoms with Gasteiger partial charge in [0.15, 0.2) is 0 Å². The van der Waals surface area contributed by atoms with Gasteiger partial charge in [0.25, 0.3) is 5.78 Å². The molecule has 0 amide bonds. The molecule has 4 nitrogen and oxygen atoms in total. The highest BCUT2D eigenvalue weighted by molar-refractivity contribution is 6.47. The van der Waals surface area contributed by atoms with Crippen LogP contribution < -0.4 is 4.74 Å². The summed E-state index contributed by atoms with van der Waals surface area (Å²) in [5.74, 6) is -1.50. The van der Waals surface area contributed by atoms with E-state index in [1.165, 1.54) is 45.5 Å². The van der Waals surface area contributed by atoms with Crippen LogP contribution in [0.15, 0.2) is 29.4 Å². The molecule has 104 valence electrons. The lowest BCUT2D eigenvalue weighted by molar-refractivity contribution is -0.163. The number of rotatable bonds is 4. The summed E-state index contributed by atoms with van der Waals surface area (Å²) in [5, 5.41) is 4.75. The van der Waals surface area contributed by atoms with Gasteiger partial charge in [0.1, 0.15) is 11.5 Å². The zero-order valence-corrected chi connectivity index (χ0v) is 10.7. The number of nitrogens with zero attached hydrogens (tertiary/aromatic N) is 2. The number of carbonyl (C=O) groups excluding carboxylic acids is 1. The van der Waals surface area contributed by atoms with Gasteiger partial charge in [0.05, 0.1) is 7.11 Å². The molecule has 0 heterocycles. The van der Waals surface area contributed by atoms with Gasteiger partial charge in [-0.25, -0.2) is 0 Å². The maximum Gasteiger partial charge on any atom is 0.456 e. The molecule has 0 saturated carbocycles. The first-order valence-corrected chi connectivity index (χ1v) is 5.27. The third kappa shape index (κ3) is 3.97. The zero-order valence-electron chi connectivity index (χ0n) is 10.7. The van der Waals surface area contributed by atoms with Crippen LogP contribution in [0.5, 0.6) is 5.75 Å². The summed E-state index contributed by atoms with van der Waals surface area (Å²) in [4.78, 5) is 11.3. The number of hydrazone groups is 1. The monoisotopic (exact) mass is 274 g/mol. The summed E-state index contributed by atoms with van der Waals surface area (Å²) in [6, 6.07) is 5.63. The maximum atomic E-state index is 12.5. The zero-order chi connectivity index (χ0) is 14.6. The van der Waals surface area contributed by atoms with Crippen LogP contribution in [0.2, 0.25) is 0 Å². The van der Waals surface area contributed by atoms with E-state index in [-0.39, 0.29) is 5.56 Å². The maximum absolute atomic E-state index is 12.5. The van der Waals surface area contributed by atoms with Crippen molar-refractivity contribution in [2.75, 3.05) is 21.2 Å². The molecule has 1 aromatic rings. The molecule has 0 aromatic heterocycles. The fourth-order valence-electron chi connectivity index (χ4n) is 1.32. The van der Waals surface area contributed by atoms with Crippen molar-refractivity contribution in [2.45, 2.75) is 6.18 Å². The Balaban J connectivity index is 3.21. The molecule has 0 saturated heterocycles. The first-order chi connectivity index (χ1) is 8.75. The van der Waals surface area contributed by atoms with E-state index in [9.17, 15) is 18.0 Å². The Morgan fingerprint density at radius 1 is 1.21 bits per heavy atom. The van der Waals surface area contributed by atoms with Crippen molar-refractivity contribution in [3.05, 3.63) is 29.8 Å². The van der Waals surface area contributed by atoms with Gasteiger partial charge in [-0.1, -0.05) is 0 Å². The largest absolute Gasteiger partial charge is 0.497 e. The van der Waals surface area contributed by atoms with Crippen LogP contribution in [0, 0.1) is 0 Å². The number of carbonyl (C=O) groups is 1. The summed E-state index contributed by atoms with van der Waals surface area (Å²) >= 11 is 0. The Morgan fingerprint density at radius 2 is 1.74 bits per heavy atom. The first kappa shape index (κ1) is 15.0. The van der Waals surface area contributed by atoms with E-state index < -0.39 is 17.7 Å². The summed E-state index contributed by atoms with van der Waals surface area (Å²) in [5.41, 5.74) is -0.572. The van der Waals surface area contributed by atoms with Gasteiger partial charge in [0.2, 0.25) is 0 Å². The second-order valence-electron chi connectivity index (χ2n) is 3.85. The molecule has 0 aliphatic rings. The molecule has 0 fully saturated rings. The van der Waals surface area contributed by atoms with Gasteiger partial charge in [-0.15, -0.1) is 0 Å². The Hall–Kier alpha value is -2.05. The Morgan fingerprint density at radius 3 is 2.11 bits per heavy atom. The van der Waals surface area contributed by atoms with Crippen LogP contribution in [-0.4, -0.2) is 43.9 Å². The molecule has 0 atom stereocenters. The van der Waals surface area contributed by atoms with Crippen LogP contribution in [0.4, 0.5) is 13.2 Å². The smallest absolute Gasteiger partial charge is 0.456 e. The van der Waals surface area contributed by atoms with Crippen LogP contribution in [0.3, 0.4) is 0 Å². The van der Waals surface area contributed by atoms with E-state index in [4.69, 9.17) is 4.74 Å². The third-order valence-electron chi connectivity index (χ3n) is 2.14. The van der Waals surface area contributed by atoms with Crippen molar-refractivity contribution in [3.63, 3.8) is 0 Å². The van der Waals surface area contributed by atoms with E-state index >= 15 is 0 Å². The lowest BCUT2D eigenvalue weighted by Gasteiger charge is -2.12. The molecule has 0 N–H and O–H groups in total. The number of ketones is 1. The predicted molar refractivity (Wildman–Crippen MR) is 64.3 cm³/mol. The minimum atomic E-state index is -4.96. The molecule has 0 bridgehead atoms. The Bertz CT molecular complexity index is 479. The molecule has 7 heteroatoms. The van der Waals surface area contributed by atoms with E-state index in [2.05, 4.69) is 5.10 Å². The second kappa shape index (κ2) is 5.73. The summed E-state index contributed by atoms with van der Waals surface area (Å²) < 4.78 is 42.4. The molecule has 0 unspecified atom stereocenters. The number of hydrogen-bond acceptors (Lipinski definition) is 4. The van der Waals surface area contributed by atoms with Crippen molar-refractivity contribution in [1.29, 1.82) is 0 Å². The number of Topliss-reactive ketones (excluding diaryl/α,β-unsaturated/α-hetero) is 1. The lowest BCUT2D eigenvalue weighted by atomic mass is 10.1. The number of ether oxygens (including phenoxy) is 1. The van der Waals surface area contributed by atoms with Crippen molar-refractivity contribution in [2.24, 2.45) is 5.10 Å². The fraction of sp³-hybridized carbons (Fsp3) is 0.333. The van der Waals surface area contributed by atoms with Crippen molar-refractivity contribution in [1.82, 2.24) is 5.01 Å². The molecule has 0 spiro atoms. The van der Waals surface area contributed by atoms with E-state index in [1.807, 2.05) is 0 Å². The Labute approximate surface area is 108 Å². The molecule has 0 aliphatic heterocycles. The van der Waals surface area contributed by atoms with Crippen LogP contribution in [0.1, 0.15) is 5.56 Å². The van der Waals surface area contributed by atoms with Gasteiger partial charge in [-0.3, -0.25) is 4.79 Å². The summed E-state index contributed by atoms with van der Waals surface area (Å²) in [6.07, 6.45) is -4.96. The number of hydrogen-bond donors (Lipinski definition) is 0. The molecular formula is C12H13F3N2O2. The normalized spacial score (nSPS) is 12.2. The van der Waals surface area contributed by atoms with Crippen molar-refractivity contribution < 1.29 is 22.7 Å². The van der Waals surface area contributed by atoms with E-state index in [0.717, 1.165) is 5.01 Å². The highest BCUT2D eigenvalue weighted by Crippen LogP contribution is 2.21. The average molecular weight is 274 g/mol. The minimum absolute atomic E-state index is 0.0804. The average Bonchev–Trinajstić information content (AvgIpc) is 2.34. The third-order valence-corrected chi connectivity index (χ3v) is 2.14. The number of alkyl halides is 3. The van der Waals surface area contributed by atoms with Crippen LogP contribution >= 0.6 is 0 Å². The standard InChI is InChI=1S/C12H13F3N2O2/c1-17(2)16-10(11(18)12(13,14)15)8-4-6-9(19-3)7-5-8/h4-7H,1-3H3/b16-10+. The molecule has 1 aromatic carbocycles. The predicted octanol–water partition coefficient (Wildman–Crippen LogP) is 2.09. The van der Waals surface area contributed by atoms with Crippen LogP contribution in [-0.2, 0) is 4.79 Å². The van der Waals surface area contributed by atoms with Gasteiger partial charge >= 0.3 is 6.18 Å². The Kier molecular flexibility index (Phi) is 4.52. The SMILES string of the molecule is COc1ccc(/C(=N\N(C)C)C(=O)C(F)(F)F)cc1. The summed E-state index contributed by atoms with van der Waals surface area (Å²) in [7, 11) is 4.31. The molecule has 0 aliphatic carbocycles. The highest BCUT2D eigenvalue weighted by Gasteiger charge is 2.42. The fourth-order valence-corrected chi connectivity index (χ4v) is 1.32. The van der Waals surface area contributed by atoms with E-state index in [1.54, 1.807) is 0 Å². The number of methoxy groups -OCH3 is 1. The first-order valence-electron chi connectivity index (χ1n) is 5.27. The lowest BCUT2D eigenvalue weighted by Crippen LogP contribution is -2.32. The number of benzene rings is 1. The van der Waals surface area contributed by atoms with Gasteiger partial charge < -0.3 is 9.75 Å². The quantitative estimate of drug-likeness (QED) is 0.623. The molecule has 0 radical (unpaired) electrons. The summed E-state index contributed by atoms with van der Waals surface area (Å²) in [6.45, 7) is 0.